The standard InChI is InChI=1S/C17H20N2OS/c1-12-9-10-21-15(12)11-18-19-16(20)13-5-7-14(8-6-13)17(2,3)4/h5-11H,1-4H3,(H,19,20). The van der Waals surface area contributed by atoms with E-state index in [9.17, 15) is 4.79 Å². The van der Waals surface area contributed by atoms with Crippen LogP contribution in [0, 0.1) is 6.92 Å². The van der Waals surface area contributed by atoms with Gasteiger partial charge in [0.15, 0.2) is 0 Å². The maximum absolute atomic E-state index is 12.0. The quantitative estimate of drug-likeness (QED) is 0.672. The molecule has 0 spiro atoms. The van der Waals surface area contributed by atoms with Crippen molar-refractivity contribution < 1.29 is 4.79 Å². The van der Waals surface area contributed by atoms with E-state index < -0.39 is 0 Å². The normalized spacial score (nSPS) is 11.8. The van der Waals surface area contributed by atoms with Gasteiger partial charge in [0, 0.05) is 10.4 Å². The second-order valence-corrected chi connectivity index (χ2v) is 6.94. The molecule has 2 aromatic rings. The molecule has 110 valence electrons. The van der Waals surface area contributed by atoms with Gasteiger partial charge in [0.1, 0.15) is 0 Å². The van der Waals surface area contributed by atoms with E-state index in [-0.39, 0.29) is 11.3 Å². The van der Waals surface area contributed by atoms with Gasteiger partial charge in [-0.25, -0.2) is 5.43 Å². The first-order chi connectivity index (χ1) is 9.88. The molecule has 0 radical (unpaired) electrons. The zero-order valence-electron chi connectivity index (χ0n) is 12.8. The van der Waals surface area contributed by atoms with E-state index in [0.29, 0.717) is 5.56 Å². The van der Waals surface area contributed by atoms with Crippen molar-refractivity contribution in [3.63, 3.8) is 0 Å². The molecule has 0 saturated carbocycles. The molecule has 1 amide bonds. The Morgan fingerprint density at radius 3 is 2.38 bits per heavy atom. The maximum atomic E-state index is 12.0. The predicted octanol–water partition coefficient (Wildman–Crippen LogP) is 4.12. The van der Waals surface area contributed by atoms with Gasteiger partial charge in [0.05, 0.1) is 6.21 Å². The van der Waals surface area contributed by atoms with Crippen LogP contribution in [-0.2, 0) is 5.41 Å². The lowest BCUT2D eigenvalue weighted by Gasteiger charge is -2.18. The summed E-state index contributed by atoms with van der Waals surface area (Å²) in [5.41, 5.74) is 5.63. The summed E-state index contributed by atoms with van der Waals surface area (Å²) in [6.07, 6.45) is 1.68. The highest BCUT2D eigenvalue weighted by Crippen LogP contribution is 2.22. The summed E-state index contributed by atoms with van der Waals surface area (Å²) < 4.78 is 0. The van der Waals surface area contributed by atoms with Crippen LogP contribution in [0.3, 0.4) is 0 Å². The average molecular weight is 300 g/mol. The fourth-order valence-electron chi connectivity index (χ4n) is 1.85. The number of aryl methyl sites for hydroxylation is 1. The van der Waals surface area contributed by atoms with Crippen LogP contribution < -0.4 is 5.43 Å². The number of rotatable bonds is 3. The molecule has 0 bridgehead atoms. The van der Waals surface area contributed by atoms with Crippen molar-refractivity contribution in [1.82, 2.24) is 5.43 Å². The summed E-state index contributed by atoms with van der Waals surface area (Å²) in [4.78, 5) is 13.1. The molecular formula is C17H20N2OS. The number of carbonyl (C=O) groups excluding carboxylic acids is 1. The molecule has 4 heteroatoms. The zero-order chi connectivity index (χ0) is 15.5. The van der Waals surface area contributed by atoms with Crippen LogP contribution in [-0.4, -0.2) is 12.1 Å². The third-order valence-corrected chi connectivity index (χ3v) is 4.22. The molecule has 2 rings (SSSR count). The number of hydrogen-bond donors (Lipinski definition) is 1. The Bertz CT molecular complexity index is 648. The van der Waals surface area contributed by atoms with Crippen molar-refractivity contribution in [2.75, 3.05) is 0 Å². The van der Waals surface area contributed by atoms with Crippen LogP contribution in [0.4, 0.5) is 0 Å². The van der Waals surface area contributed by atoms with E-state index in [1.807, 2.05) is 42.6 Å². The first kappa shape index (κ1) is 15.4. The van der Waals surface area contributed by atoms with Crippen LogP contribution in [0.25, 0.3) is 0 Å². The second kappa shape index (κ2) is 6.22. The van der Waals surface area contributed by atoms with E-state index in [2.05, 4.69) is 31.3 Å². The van der Waals surface area contributed by atoms with Crippen molar-refractivity contribution in [2.24, 2.45) is 5.10 Å². The summed E-state index contributed by atoms with van der Waals surface area (Å²) in [6, 6.07) is 9.67. The van der Waals surface area contributed by atoms with E-state index >= 15 is 0 Å². The van der Waals surface area contributed by atoms with Gasteiger partial charge < -0.3 is 0 Å². The Morgan fingerprint density at radius 2 is 1.86 bits per heavy atom. The first-order valence-corrected chi connectivity index (χ1v) is 7.74. The Morgan fingerprint density at radius 1 is 1.19 bits per heavy atom. The summed E-state index contributed by atoms with van der Waals surface area (Å²) in [7, 11) is 0. The molecule has 0 aliphatic heterocycles. The molecule has 0 aliphatic rings. The molecule has 0 aliphatic carbocycles. The molecule has 0 atom stereocenters. The van der Waals surface area contributed by atoms with E-state index in [0.717, 1.165) is 10.4 Å². The highest BCUT2D eigenvalue weighted by molar-refractivity contribution is 7.11. The zero-order valence-corrected chi connectivity index (χ0v) is 13.6. The maximum Gasteiger partial charge on any atom is 0.271 e. The van der Waals surface area contributed by atoms with Crippen LogP contribution in [0.15, 0.2) is 40.8 Å². The molecule has 1 heterocycles. The fourth-order valence-corrected chi connectivity index (χ4v) is 2.64. The fraction of sp³-hybridized carbons (Fsp3) is 0.294. The molecule has 1 aromatic carbocycles. The lowest BCUT2D eigenvalue weighted by Crippen LogP contribution is -2.18. The molecule has 1 aromatic heterocycles. The van der Waals surface area contributed by atoms with Gasteiger partial charge in [0.2, 0.25) is 0 Å². The monoisotopic (exact) mass is 300 g/mol. The summed E-state index contributed by atoms with van der Waals surface area (Å²) in [5, 5.41) is 6.01. The third-order valence-electron chi connectivity index (χ3n) is 3.26. The second-order valence-electron chi connectivity index (χ2n) is 5.99. The number of hydrazone groups is 1. The Kier molecular flexibility index (Phi) is 4.58. The topological polar surface area (TPSA) is 41.5 Å². The lowest BCUT2D eigenvalue weighted by molar-refractivity contribution is 0.0955. The molecule has 1 N–H and O–H groups in total. The Labute approximate surface area is 129 Å². The minimum absolute atomic E-state index is 0.0872. The SMILES string of the molecule is Cc1ccsc1C=NNC(=O)c1ccc(C(C)(C)C)cc1. The van der Waals surface area contributed by atoms with Crippen LogP contribution in [0.5, 0.6) is 0 Å². The van der Waals surface area contributed by atoms with Gasteiger partial charge >= 0.3 is 0 Å². The van der Waals surface area contributed by atoms with Crippen molar-refractivity contribution in [3.8, 4) is 0 Å². The molecule has 0 unspecified atom stereocenters. The Hall–Kier alpha value is -1.94. The van der Waals surface area contributed by atoms with Crippen LogP contribution >= 0.6 is 11.3 Å². The van der Waals surface area contributed by atoms with E-state index in [1.54, 1.807) is 17.6 Å². The average Bonchev–Trinajstić information content (AvgIpc) is 2.83. The molecular weight excluding hydrogens is 280 g/mol. The van der Waals surface area contributed by atoms with Gasteiger partial charge in [0.25, 0.3) is 5.91 Å². The van der Waals surface area contributed by atoms with Gasteiger partial charge in [-0.15, -0.1) is 11.3 Å². The minimum Gasteiger partial charge on any atom is -0.267 e. The third kappa shape index (κ3) is 4.02. The summed E-state index contributed by atoms with van der Waals surface area (Å²) in [6.45, 7) is 8.46. The highest BCUT2D eigenvalue weighted by Gasteiger charge is 2.14. The predicted molar refractivity (Wildman–Crippen MR) is 89.3 cm³/mol. The molecule has 0 saturated heterocycles. The van der Waals surface area contributed by atoms with E-state index in [1.165, 1.54) is 5.56 Å². The summed E-state index contributed by atoms with van der Waals surface area (Å²) >= 11 is 1.60. The van der Waals surface area contributed by atoms with Gasteiger partial charge in [-0.2, -0.15) is 5.10 Å². The van der Waals surface area contributed by atoms with Crippen molar-refractivity contribution >= 4 is 23.5 Å². The van der Waals surface area contributed by atoms with Crippen LogP contribution in [0.2, 0.25) is 0 Å². The van der Waals surface area contributed by atoms with Crippen LogP contribution in [0.1, 0.15) is 47.1 Å². The summed E-state index contributed by atoms with van der Waals surface area (Å²) in [5.74, 6) is -0.194. The molecule has 3 nitrogen and oxygen atoms in total. The van der Waals surface area contributed by atoms with E-state index in [4.69, 9.17) is 0 Å². The highest BCUT2D eigenvalue weighted by atomic mass is 32.1. The van der Waals surface area contributed by atoms with Crippen molar-refractivity contribution in [2.45, 2.75) is 33.1 Å². The number of hydrogen-bond acceptors (Lipinski definition) is 3. The molecule has 0 fully saturated rings. The lowest BCUT2D eigenvalue weighted by atomic mass is 9.87. The van der Waals surface area contributed by atoms with Gasteiger partial charge in [-0.1, -0.05) is 32.9 Å². The van der Waals surface area contributed by atoms with Crippen molar-refractivity contribution in [3.05, 3.63) is 57.3 Å². The van der Waals surface area contributed by atoms with Gasteiger partial charge in [-0.05, 0) is 47.0 Å². The number of carbonyl (C=O) groups is 1. The van der Waals surface area contributed by atoms with Crippen molar-refractivity contribution in [1.29, 1.82) is 0 Å². The largest absolute Gasteiger partial charge is 0.271 e. The number of amides is 1. The Balaban J connectivity index is 2.01. The number of benzene rings is 1. The minimum atomic E-state index is -0.194. The first-order valence-electron chi connectivity index (χ1n) is 6.86. The van der Waals surface area contributed by atoms with Gasteiger partial charge in [-0.3, -0.25) is 4.79 Å². The number of nitrogens with zero attached hydrogens (tertiary/aromatic N) is 1. The molecule has 21 heavy (non-hydrogen) atoms. The smallest absolute Gasteiger partial charge is 0.267 e. The number of nitrogens with one attached hydrogen (secondary N) is 1. The number of thiophene rings is 1.